The Morgan fingerprint density at radius 1 is 1.00 bits per heavy atom. The van der Waals surface area contributed by atoms with Gasteiger partial charge in [0.25, 0.3) is 0 Å². The zero-order chi connectivity index (χ0) is 5.28. The third-order valence-corrected chi connectivity index (χ3v) is 0.858. The van der Waals surface area contributed by atoms with E-state index in [1.807, 2.05) is 0 Å². The lowest BCUT2D eigenvalue weighted by Crippen LogP contribution is -2.18. The Hall–Kier alpha value is -0.940. The predicted molar refractivity (Wildman–Crippen MR) is 32.4 cm³/mol. The number of carbonyl (C=O) groups excluding carboxylic acids is 2. The summed E-state index contributed by atoms with van der Waals surface area (Å²) in [5.41, 5.74) is 0. The monoisotopic (exact) mass is 133 g/mol. The molecule has 54 valence electrons. The first-order chi connectivity index (χ1) is 3.29. The van der Waals surface area contributed by atoms with Crippen molar-refractivity contribution < 1.29 is 9.59 Å². The maximum absolute atomic E-state index is 10.1. The van der Waals surface area contributed by atoms with Crippen molar-refractivity contribution >= 4 is 11.8 Å². The summed E-state index contributed by atoms with van der Waals surface area (Å²) in [6.07, 6.45) is 0.748. The van der Waals surface area contributed by atoms with Crippen molar-refractivity contribution in [3.8, 4) is 0 Å². The van der Waals surface area contributed by atoms with Crippen LogP contribution in [0.25, 0.3) is 0 Å². The molecule has 1 aliphatic heterocycles. The van der Waals surface area contributed by atoms with Crippen LogP contribution in [-0.2, 0) is 9.59 Å². The third-order valence-electron chi connectivity index (χ3n) is 0.858. The van der Waals surface area contributed by atoms with E-state index in [0.29, 0.717) is 12.8 Å². The molecule has 0 radical (unpaired) electrons. The van der Waals surface area contributed by atoms with E-state index in [1.54, 1.807) is 0 Å². The van der Waals surface area contributed by atoms with Crippen LogP contribution in [0.2, 0.25) is 0 Å². The highest BCUT2D eigenvalue weighted by Gasteiger charge is 2.15. The van der Waals surface area contributed by atoms with Crippen LogP contribution in [0.1, 0.15) is 12.8 Å². The molecule has 1 aliphatic rings. The van der Waals surface area contributed by atoms with Crippen molar-refractivity contribution in [2.45, 2.75) is 12.8 Å². The Morgan fingerprint density at radius 3 is 1.44 bits per heavy atom. The van der Waals surface area contributed by atoms with E-state index >= 15 is 0 Å². The largest absolute Gasteiger partial charge is 0.344 e. The molecule has 0 saturated carbocycles. The van der Waals surface area contributed by atoms with Gasteiger partial charge in [-0.05, 0) is 0 Å². The summed E-state index contributed by atoms with van der Waals surface area (Å²) in [4.78, 5) is 20.2. The molecular weight excluding hydrogens is 122 g/mol. The lowest BCUT2D eigenvalue weighted by molar-refractivity contribution is -0.124. The van der Waals surface area contributed by atoms with Crippen molar-refractivity contribution in [1.82, 2.24) is 17.6 Å². The van der Waals surface area contributed by atoms with Gasteiger partial charge in [-0.15, -0.1) is 0 Å². The normalized spacial score (nSPS) is 15.6. The van der Waals surface area contributed by atoms with Gasteiger partial charge in [0.05, 0.1) is 0 Å². The van der Waals surface area contributed by atoms with Gasteiger partial charge in [-0.2, -0.15) is 0 Å². The molecule has 9 heavy (non-hydrogen) atoms. The number of imide groups is 1. The molecule has 0 aromatic rings. The Kier molecular flexibility index (Phi) is 4.85. The van der Waals surface area contributed by atoms with Gasteiger partial charge in [-0.3, -0.25) is 14.9 Å². The quantitative estimate of drug-likeness (QED) is 0.395. The minimum absolute atomic E-state index is 0. The van der Waals surface area contributed by atoms with Crippen LogP contribution in [0.3, 0.4) is 0 Å². The summed E-state index contributed by atoms with van der Waals surface area (Å²) in [6, 6.07) is 0. The molecule has 0 aliphatic carbocycles. The molecular formula is C4H11N3O2. The maximum Gasteiger partial charge on any atom is 0.227 e. The molecule has 1 fully saturated rings. The second kappa shape index (κ2) is 3.99. The molecule has 5 nitrogen and oxygen atoms in total. The van der Waals surface area contributed by atoms with Crippen LogP contribution in [0.15, 0.2) is 0 Å². The van der Waals surface area contributed by atoms with Crippen molar-refractivity contribution in [2.75, 3.05) is 0 Å². The Labute approximate surface area is 53.0 Å². The fourth-order valence-corrected chi connectivity index (χ4v) is 0.508. The summed E-state index contributed by atoms with van der Waals surface area (Å²) in [7, 11) is 0. The second-order valence-electron chi connectivity index (χ2n) is 1.47. The molecule has 2 amide bonds. The minimum atomic E-state index is -0.148. The number of carbonyl (C=O) groups is 2. The van der Waals surface area contributed by atoms with Crippen LogP contribution < -0.4 is 17.6 Å². The molecule has 0 bridgehead atoms. The first-order valence-electron chi connectivity index (χ1n) is 2.12. The predicted octanol–water partition coefficient (Wildman–Crippen LogP) is -0.253. The van der Waals surface area contributed by atoms with Gasteiger partial charge in [-0.1, -0.05) is 0 Å². The first-order valence-corrected chi connectivity index (χ1v) is 2.12. The van der Waals surface area contributed by atoms with Crippen molar-refractivity contribution in [1.29, 1.82) is 0 Å². The summed E-state index contributed by atoms with van der Waals surface area (Å²) < 4.78 is 0. The van der Waals surface area contributed by atoms with Gasteiger partial charge >= 0.3 is 0 Å². The first kappa shape index (κ1) is 10.9. The molecule has 0 atom stereocenters. The molecule has 5 heteroatoms. The molecule has 0 unspecified atom stereocenters. The molecule has 1 heterocycles. The van der Waals surface area contributed by atoms with E-state index in [1.165, 1.54) is 0 Å². The third kappa shape index (κ3) is 2.78. The zero-order valence-corrected chi connectivity index (χ0v) is 5.14. The molecule has 0 aromatic heterocycles. The average Bonchev–Trinajstić information content (AvgIpc) is 1.87. The number of amides is 2. The topological polar surface area (TPSA) is 116 Å². The zero-order valence-electron chi connectivity index (χ0n) is 5.14. The fourth-order valence-electron chi connectivity index (χ4n) is 0.508. The Bertz CT molecular complexity index is 109. The highest BCUT2D eigenvalue weighted by molar-refractivity contribution is 6.01. The van der Waals surface area contributed by atoms with Crippen LogP contribution in [0.5, 0.6) is 0 Å². The Balaban J connectivity index is 0. The van der Waals surface area contributed by atoms with E-state index in [0.717, 1.165) is 0 Å². The van der Waals surface area contributed by atoms with Gasteiger partial charge in [-0.25, -0.2) is 0 Å². The van der Waals surface area contributed by atoms with E-state index in [2.05, 4.69) is 5.32 Å². The maximum atomic E-state index is 10.1. The molecule has 7 N–H and O–H groups in total. The lowest BCUT2D eigenvalue weighted by atomic mass is 10.4. The SMILES string of the molecule is N.N.O=C1CCC(=O)N1. The summed E-state index contributed by atoms with van der Waals surface area (Å²) in [5, 5.41) is 2.14. The number of hydrogen-bond acceptors (Lipinski definition) is 4. The molecule has 1 rings (SSSR count). The van der Waals surface area contributed by atoms with Gasteiger partial charge in [0, 0.05) is 12.8 Å². The van der Waals surface area contributed by atoms with Gasteiger partial charge in [0.2, 0.25) is 11.8 Å². The Morgan fingerprint density at radius 2 is 1.33 bits per heavy atom. The van der Waals surface area contributed by atoms with E-state index in [4.69, 9.17) is 0 Å². The van der Waals surface area contributed by atoms with Crippen molar-refractivity contribution in [3.05, 3.63) is 0 Å². The second-order valence-corrected chi connectivity index (χ2v) is 1.47. The van der Waals surface area contributed by atoms with Crippen LogP contribution in [0.4, 0.5) is 0 Å². The minimum Gasteiger partial charge on any atom is -0.344 e. The molecule has 1 saturated heterocycles. The van der Waals surface area contributed by atoms with Gasteiger partial charge < -0.3 is 12.3 Å². The lowest BCUT2D eigenvalue weighted by Gasteiger charge is -1.79. The summed E-state index contributed by atoms with van der Waals surface area (Å²) >= 11 is 0. The standard InChI is InChI=1S/C4H5NO2.2H3N/c6-3-1-2-4(7)5-3;;/h1-2H2,(H,5,6,7);2*1H3. The van der Waals surface area contributed by atoms with Crippen LogP contribution in [-0.4, -0.2) is 11.8 Å². The highest BCUT2D eigenvalue weighted by atomic mass is 16.2. The van der Waals surface area contributed by atoms with E-state index in [9.17, 15) is 9.59 Å². The summed E-state index contributed by atoms with van der Waals surface area (Å²) in [6.45, 7) is 0. The van der Waals surface area contributed by atoms with Crippen LogP contribution in [0, 0.1) is 0 Å². The summed E-state index contributed by atoms with van der Waals surface area (Å²) in [5.74, 6) is -0.296. The van der Waals surface area contributed by atoms with E-state index < -0.39 is 0 Å². The number of hydrogen-bond donors (Lipinski definition) is 3. The number of rotatable bonds is 0. The molecule has 0 aromatic carbocycles. The van der Waals surface area contributed by atoms with Gasteiger partial charge in [0.1, 0.15) is 0 Å². The number of nitrogens with one attached hydrogen (secondary N) is 1. The van der Waals surface area contributed by atoms with Gasteiger partial charge in [0.15, 0.2) is 0 Å². The van der Waals surface area contributed by atoms with Crippen molar-refractivity contribution in [3.63, 3.8) is 0 Å². The smallest absolute Gasteiger partial charge is 0.227 e. The van der Waals surface area contributed by atoms with E-state index in [-0.39, 0.29) is 24.1 Å². The average molecular weight is 133 g/mol. The van der Waals surface area contributed by atoms with Crippen molar-refractivity contribution in [2.24, 2.45) is 0 Å². The highest BCUT2D eigenvalue weighted by Crippen LogP contribution is 1.95. The van der Waals surface area contributed by atoms with Crippen LogP contribution >= 0.6 is 0 Å². The molecule has 0 spiro atoms. The fraction of sp³-hybridized carbons (Fsp3) is 0.500.